The van der Waals surface area contributed by atoms with Crippen LogP contribution in [0.25, 0.3) is 0 Å². The molecule has 7 nitrogen and oxygen atoms in total. The summed E-state index contributed by atoms with van der Waals surface area (Å²) in [5.41, 5.74) is 0.00486. The summed E-state index contributed by atoms with van der Waals surface area (Å²) < 4.78 is 6.39. The average Bonchev–Trinajstić information content (AvgIpc) is 2.74. The zero-order valence-electron chi connectivity index (χ0n) is 10.4. The lowest BCUT2D eigenvalue weighted by Crippen LogP contribution is -2.18. The number of hydrogen-bond acceptors (Lipinski definition) is 4. The summed E-state index contributed by atoms with van der Waals surface area (Å²) in [7, 11) is 0. The minimum Gasteiger partial charge on any atom is -0.476 e. The van der Waals surface area contributed by atoms with Crippen LogP contribution in [-0.4, -0.2) is 33.3 Å². The lowest BCUT2D eigenvalue weighted by Gasteiger charge is -2.14. The molecular weight excluding hydrogens is 250 g/mol. The zero-order valence-corrected chi connectivity index (χ0v) is 10.4. The van der Waals surface area contributed by atoms with Gasteiger partial charge in [-0.25, -0.2) is 14.6 Å². The predicted octanol–water partition coefficient (Wildman–Crippen LogP) is 1.65. The van der Waals surface area contributed by atoms with Gasteiger partial charge in [-0.3, -0.25) is 5.32 Å². The maximum atomic E-state index is 11.4. The predicted molar refractivity (Wildman–Crippen MR) is 67.3 cm³/mol. The first-order valence-corrected chi connectivity index (χ1v) is 6.01. The fourth-order valence-electron chi connectivity index (χ4n) is 2.06. The van der Waals surface area contributed by atoms with Gasteiger partial charge in [-0.05, 0) is 12.8 Å². The first kappa shape index (κ1) is 13.1. The van der Waals surface area contributed by atoms with Gasteiger partial charge in [0.05, 0.1) is 0 Å². The molecule has 2 rings (SSSR count). The maximum absolute atomic E-state index is 11.4. The second-order valence-electron chi connectivity index (χ2n) is 4.15. The van der Waals surface area contributed by atoms with E-state index in [1.807, 2.05) is 0 Å². The van der Waals surface area contributed by atoms with Gasteiger partial charge >= 0.3 is 12.1 Å². The molecule has 2 heterocycles. The third-order valence-corrected chi connectivity index (χ3v) is 2.83. The molecule has 0 aliphatic carbocycles. The molecular formula is C12H15N3O4. The smallest absolute Gasteiger partial charge is 0.413 e. The second-order valence-corrected chi connectivity index (χ2v) is 4.15. The molecule has 0 atom stereocenters. The molecule has 2 N–H and O–H groups in total. The largest absolute Gasteiger partial charge is 0.476 e. The molecule has 0 radical (unpaired) electrons. The van der Waals surface area contributed by atoms with Crippen molar-refractivity contribution in [1.29, 1.82) is 0 Å². The zero-order chi connectivity index (χ0) is 13.8. The van der Waals surface area contributed by atoms with E-state index in [0.717, 1.165) is 12.8 Å². The van der Waals surface area contributed by atoms with E-state index < -0.39 is 12.1 Å². The normalized spacial score (nSPS) is 13.5. The average molecular weight is 265 g/mol. The number of hydrogen-bond donors (Lipinski definition) is 2. The Bertz CT molecular complexity index is 521. The number of carboxylic acids is 1. The van der Waals surface area contributed by atoms with Crippen LogP contribution in [0, 0.1) is 0 Å². The highest BCUT2D eigenvalue weighted by Gasteiger charge is 2.25. The minimum absolute atomic E-state index is 0.00486. The Hall–Kier alpha value is -2.31. The number of aromatic nitrogens is 2. The summed E-state index contributed by atoms with van der Waals surface area (Å²) in [5.74, 6) is -0.388. The molecule has 19 heavy (non-hydrogen) atoms. The van der Waals surface area contributed by atoms with E-state index >= 15 is 0 Å². The summed E-state index contributed by atoms with van der Waals surface area (Å²) in [4.78, 5) is 26.9. The molecule has 7 heteroatoms. The van der Waals surface area contributed by atoms with Crippen LogP contribution in [-0.2, 0) is 17.7 Å². The number of aromatic carboxylic acids is 1. The van der Waals surface area contributed by atoms with Crippen LogP contribution in [0.15, 0.2) is 12.7 Å². The van der Waals surface area contributed by atoms with Gasteiger partial charge in [0.15, 0.2) is 11.5 Å². The molecule has 102 valence electrons. The molecule has 0 spiro atoms. The monoisotopic (exact) mass is 265 g/mol. The number of nitrogens with one attached hydrogen (secondary N) is 1. The van der Waals surface area contributed by atoms with Crippen molar-refractivity contribution >= 4 is 17.9 Å². The van der Waals surface area contributed by atoms with Gasteiger partial charge < -0.3 is 14.4 Å². The van der Waals surface area contributed by atoms with Crippen molar-refractivity contribution in [3.63, 3.8) is 0 Å². The molecule has 0 saturated carbocycles. The van der Waals surface area contributed by atoms with Crippen molar-refractivity contribution in [2.45, 2.75) is 25.8 Å². The topological polar surface area (TPSA) is 93.5 Å². The Morgan fingerprint density at radius 1 is 1.53 bits per heavy atom. The number of ether oxygens (including phenoxy) is 1. The van der Waals surface area contributed by atoms with E-state index in [-0.39, 0.29) is 18.1 Å². The molecule has 1 aromatic rings. The van der Waals surface area contributed by atoms with E-state index in [1.165, 1.54) is 6.08 Å². The maximum Gasteiger partial charge on any atom is 0.413 e. The van der Waals surface area contributed by atoms with E-state index in [2.05, 4.69) is 16.9 Å². The van der Waals surface area contributed by atoms with E-state index in [4.69, 9.17) is 4.74 Å². The van der Waals surface area contributed by atoms with Crippen LogP contribution in [0.3, 0.4) is 0 Å². The van der Waals surface area contributed by atoms with Gasteiger partial charge in [0, 0.05) is 13.0 Å². The molecule has 1 aliphatic rings. The number of carbonyl (C=O) groups excluding carboxylic acids is 1. The van der Waals surface area contributed by atoms with Gasteiger partial charge in [-0.2, -0.15) is 0 Å². The fourth-order valence-corrected chi connectivity index (χ4v) is 2.06. The summed E-state index contributed by atoms with van der Waals surface area (Å²) in [6, 6.07) is 0. The summed E-state index contributed by atoms with van der Waals surface area (Å²) in [5, 5.41) is 11.6. The Kier molecular flexibility index (Phi) is 3.84. The van der Waals surface area contributed by atoms with Crippen LogP contribution >= 0.6 is 0 Å². The van der Waals surface area contributed by atoms with Crippen molar-refractivity contribution in [3.05, 3.63) is 24.2 Å². The minimum atomic E-state index is -1.11. The number of imidazole rings is 1. The number of rotatable bonds is 4. The highest BCUT2D eigenvalue weighted by Crippen LogP contribution is 2.23. The number of aryl methyl sites for hydroxylation is 1. The van der Waals surface area contributed by atoms with Gasteiger partial charge in [-0.1, -0.05) is 12.7 Å². The summed E-state index contributed by atoms with van der Waals surface area (Å²) in [6.07, 6.45) is 3.28. The third-order valence-electron chi connectivity index (χ3n) is 2.83. The van der Waals surface area contributed by atoms with Crippen molar-refractivity contribution < 1.29 is 19.4 Å². The number of carbonyl (C=O) groups is 2. The quantitative estimate of drug-likeness (QED) is 0.807. The number of carboxylic acid groups (broad SMARTS) is 1. The van der Waals surface area contributed by atoms with Gasteiger partial charge in [0.25, 0.3) is 0 Å². The van der Waals surface area contributed by atoms with E-state index in [0.29, 0.717) is 18.8 Å². The molecule has 0 bridgehead atoms. The SMILES string of the molecule is C=CCOC(=O)Nc1nc2n(c1C(=O)O)CCCC2. The molecule has 1 aliphatic heterocycles. The molecule has 1 amide bonds. The van der Waals surface area contributed by atoms with Crippen LogP contribution in [0.4, 0.5) is 10.6 Å². The van der Waals surface area contributed by atoms with Crippen LogP contribution in [0.2, 0.25) is 0 Å². The van der Waals surface area contributed by atoms with E-state index in [9.17, 15) is 14.7 Å². The molecule has 0 saturated heterocycles. The number of fused-ring (bicyclic) bond motifs is 1. The van der Waals surface area contributed by atoms with Crippen LogP contribution in [0.5, 0.6) is 0 Å². The highest BCUT2D eigenvalue weighted by atomic mass is 16.5. The van der Waals surface area contributed by atoms with Gasteiger partial charge in [0.2, 0.25) is 0 Å². The van der Waals surface area contributed by atoms with E-state index in [1.54, 1.807) is 4.57 Å². The fraction of sp³-hybridized carbons (Fsp3) is 0.417. The van der Waals surface area contributed by atoms with Crippen molar-refractivity contribution in [3.8, 4) is 0 Å². The molecule has 0 aromatic carbocycles. The lowest BCUT2D eigenvalue weighted by atomic mass is 10.1. The number of amides is 1. The second kappa shape index (κ2) is 5.55. The lowest BCUT2D eigenvalue weighted by molar-refractivity contribution is 0.0685. The van der Waals surface area contributed by atoms with Crippen molar-refractivity contribution in [1.82, 2.24) is 9.55 Å². The summed E-state index contributed by atoms with van der Waals surface area (Å²) in [6.45, 7) is 4.08. The van der Waals surface area contributed by atoms with Gasteiger partial charge in [0.1, 0.15) is 12.4 Å². The Labute approximate surface area is 109 Å². The summed E-state index contributed by atoms with van der Waals surface area (Å²) >= 11 is 0. The Morgan fingerprint density at radius 2 is 2.32 bits per heavy atom. The number of anilines is 1. The molecule has 0 unspecified atom stereocenters. The van der Waals surface area contributed by atoms with Gasteiger partial charge in [-0.15, -0.1) is 0 Å². The standard InChI is InChI=1S/C12H15N3O4/c1-2-7-19-12(18)14-10-9(11(16)17)15-6-4-3-5-8(15)13-10/h2H,1,3-7H2,(H,14,18)(H,16,17). The van der Waals surface area contributed by atoms with Crippen LogP contribution < -0.4 is 5.32 Å². The third kappa shape index (κ3) is 2.75. The van der Waals surface area contributed by atoms with Crippen molar-refractivity contribution in [2.75, 3.05) is 11.9 Å². The van der Waals surface area contributed by atoms with Crippen molar-refractivity contribution in [2.24, 2.45) is 0 Å². The Morgan fingerprint density at radius 3 is 3.00 bits per heavy atom. The van der Waals surface area contributed by atoms with Crippen LogP contribution in [0.1, 0.15) is 29.2 Å². The first-order valence-electron chi connectivity index (χ1n) is 6.01. The Balaban J connectivity index is 2.24. The first-order chi connectivity index (χ1) is 9.13. The molecule has 0 fully saturated rings. The molecule has 1 aromatic heterocycles. The number of nitrogens with zero attached hydrogens (tertiary/aromatic N) is 2. The highest BCUT2D eigenvalue weighted by molar-refractivity contribution is 5.96.